The summed E-state index contributed by atoms with van der Waals surface area (Å²) in [5.41, 5.74) is 2.45. The van der Waals surface area contributed by atoms with Crippen molar-refractivity contribution < 1.29 is 9.18 Å². The molecule has 1 aliphatic rings. The van der Waals surface area contributed by atoms with Gasteiger partial charge in [0.2, 0.25) is 0 Å². The fourth-order valence-electron chi connectivity index (χ4n) is 2.23. The van der Waals surface area contributed by atoms with Crippen molar-refractivity contribution >= 4 is 11.7 Å². The molecular formula is C13H12FN3O. The quantitative estimate of drug-likeness (QED) is 0.852. The van der Waals surface area contributed by atoms with Crippen molar-refractivity contribution in [3.63, 3.8) is 0 Å². The first-order valence-corrected chi connectivity index (χ1v) is 5.87. The zero-order valence-electron chi connectivity index (χ0n) is 9.66. The second-order valence-corrected chi connectivity index (χ2v) is 4.35. The molecule has 4 nitrogen and oxygen atoms in total. The first-order chi connectivity index (χ1) is 8.74. The molecule has 1 amide bonds. The predicted octanol–water partition coefficient (Wildman–Crippen LogP) is 2.29. The summed E-state index contributed by atoms with van der Waals surface area (Å²) in [6, 6.07) is 5.61. The lowest BCUT2D eigenvalue weighted by Gasteiger charge is -2.03. The lowest BCUT2D eigenvalue weighted by atomic mass is 10.2. The van der Waals surface area contributed by atoms with Gasteiger partial charge in [0.25, 0.3) is 5.91 Å². The Morgan fingerprint density at radius 2 is 2.28 bits per heavy atom. The molecule has 0 atom stereocenters. The van der Waals surface area contributed by atoms with Crippen LogP contribution in [0.1, 0.15) is 28.0 Å². The van der Waals surface area contributed by atoms with Gasteiger partial charge in [0, 0.05) is 16.8 Å². The van der Waals surface area contributed by atoms with Crippen LogP contribution in [0.2, 0.25) is 0 Å². The molecule has 0 saturated carbocycles. The molecule has 0 fully saturated rings. The molecular weight excluding hydrogens is 233 g/mol. The summed E-state index contributed by atoms with van der Waals surface area (Å²) in [6.45, 7) is 0. The van der Waals surface area contributed by atoms with E-state index in [9.17, 15) is 9.18 Å². The number of amides is 1. The molecule has 0 unspecified atom stereocenters. The van der Waals surface area contributed by atoms with Crippen LogP contribution in [0.4, 0.5) is 10.2 Å². The minimum absolute atomic E-state index is 0.296. The van der Waals surface area contributed by atoms with E-state index in [-0.39, 0.29) is 5.91 Å². The summed E-state index contributed by atoms with van der Waals surface area (Å²) in [6.07, 6.45) is 2.97. The van der Waals surface area contributed by atoms with E-state index in [2.05, 4.69) is 15.5 Å². The number of rotatable bonds is 2. The van der Waals surface area contributed by atoms with Crippen LogP contribution in [0, 0.1) is 5.82 Å². The summed E-state index contributed by atoms with van der Waals surface area (Å²) in [4.78, 5) is 11.9. The van der Waals surface area contributed by atoms with Crippen molar-refractivity contribution in [3.05, 3.63) is 46.9 Å². The Bertz CT molecular complexity index is 606. The standard InChI is InChI=1S/C13H12FN3O/c14-9-4-1-3-8(7-9)13(18)15-12-10-5-2-6-11(10)16-17-12/h1,3-4,7H,2,5-6H2,(H2,15,16,17,18). The smallest absolute Gasteiger partial charge is 0.256 e. The van der Waals surface area contributed by atoms with E-state index < -0.39 is 5.82 Å². The van der Waals surface area contributed by atoms with Crippen LogP contribution in [-0.2, 0) is 12.8 Å². The second kappa shape index (κ2) is 4.25. The van der Waals surface area contributed by atoms with E-state index in [4.69, 9.17) is 0 Å². The van der Waals surface area contributed by atoms with E-state index >= 15 is 0 Å². The number of H-pyrrole nitrogens is 1. The van der Waals surface area contributed by atoms with Gasteiger partial charge in [-0.05, 0) is 37.5 Å². The molecule has 5 heteroatoms. The minimum Gasteiger partial charge on any atom is -0.305 e. The van der Waals surface area contributed by atoms with E-state index in [1.165, 1.54) is 18.2 Å². The average molecular weight is 245 g/mol. The molecule has 0 spiro atoms. The molecule has 1 aliphatic carbocycles. The molecule has 3 rings (SSSR count). The first kappa shape index (κ1) is 11.0. The van der Waals surface area contributed by atoms with Crippen LogP contribution in [0.3, 0.4) is 0 Å². The third-order valence-electron chi connectivity index (χ3n) is 3.13. The maximum absolute atomic E-state index is 13.0. The third-order valence-corrected chi connectivity index (χ3v) is 3.13. The van der Waals surface area contributed by atoms with Crippen molar-refractivity contribution in [1.82, 2.24) is 10.2 Å². The molecule has 1 aromatic heterocycles. The molecule has 2 aromatic rings. The summed E-state index contributed by atoms with van der Waals surface area (Å²) in [5.74, 6) is -0.192. The maximum atomic E-state index is 13.0. The third kappa shape index (κ3) is 1.88. The predicted molar refractivity (Wildman–Crippen MR) is 65.0 cm³/mol. The molecule has 0 bridgehead atoms. The van der Waals surface area contributed by atoms with Crippen LogP contribution in [0.5, 0.6) is 0 Å². The minimum atomic E-state index is -0.421. The zero-order valence-corrected chi connectivity index (χ0v) is 9.66. The highest BCUT2D eigenvalue weighted by atomic mass is 19.1. The normalized spacial score (nSPS) is 13.4. The fraction of sp³-hybridized carbons (Fsp3) is 0.231. The Labute approximate surface area is 103 Å². The molecule has 0 saturated heterocycles. The number of halogens is 1. The highest BCUT2D eigenvalue weighted by Crippen LogP contribution is 2.26. The van der Waals surface area contributed by atoms with Gasteiger partial charge in [0.05, 0.1) is 0 Å². The van der Waals surface area contributed by atoms with Crippen molar-refractivity contribution in [2.24, 2.45) is 0 Å². The Morgan fingerprint density at radius 1 is 1.39 bits per heavy atom. The van der Waals surface area contributed by atoms with Gasteiger partial charge >= 0.3 is 0 Å². The van der Waals surface area contributed by atoms with Crippen LogP contribution in [0.25, 0.3) is 0 Å². The molecule has 1 aromatic carbocycles. The number of fused-ring (bicyclic) bond motifs is 1. The van der Waals surface area contributed by atoms with Crippen LogP contribution < -0.4 is 5.32 Å². The number of aromatic amines is 1. The van der Waals surface area contributed by atoms with Gasteiger partial charge < -0.3 is 5.32 Å². The Morgan fingerprint density at radius 3 is 3.11 bits per heavy atom. The molecule has 2 N–H and O–H groups in total. The Hall–Kier alpha value is -2.17. The van der Waals surface area contributed by atoms with E-state index in [1.54, 1.807) is 6.07 Å². The lowest BCUT2D eigenvalue weighted by Crippen LogP contribution is -2.13. The van der Waals surface area contributed by atoms with Crippen LogP contribution in [0.15, 0.2) is 24.3 Å². The maximum Gasteiger partial charge on any atom is 0.256 e. The second-order valence-electron chi connectivity index (χ2n) is 4.35. The topological polar surface area (TPSA) is 57.8 Å². The van der Waals surface area contributed by atoms with E-state index in [1.807, 2.05) is 0 Å². The zero-order chi connectivity index (χ0) is 12.5. The average Bonchev–Trinajstić information content (AvgIpc) is 2.94. The van der Waals surface area contributed by atoms with Crippen LogP contribution >= 0.6 is 0 Å². The van der Waals surface area contributed by atoms with Crippen molar-refractivity contribution in [3.8, 4) is 0 Å². The number of aromatic nitrogens is 2. The highest BCUT2D eigenvalue weighted by Gasteiger charge is 2.20. The number of carbonyl (C=O) groups is 1. The number of nitrogens with one attached hydrogen (secondary N) is 2. The van der Waals surface area contributed by atoms with E-state index in [0.717, 1.165) is 30.5 Å². The molecule has 0 aliphatic heterocycles. The number of nitrogens with zero attached hydrogens (tertiary/aromatic N) is 1. The Kier molecular flexibility index (Phi) is 2.59. The Balaban J connectivity index is 1.82. The lowest BCUT2D eigenvalue weighted by molar-refractivity contribution is 0.102. The number of aryl methyl sites for hydroxylation is 1. The molecule has 1 heterocycles. The number of anilines is 1. The van der Waals surface area contributed by atoms with Gasteiger partial charge in [-0.2, -0.15) is 5.10 Å². The number of hydrogen-bond donors (Lipinski definition) is 2. The fourth-order valence-corrected chi connectivity index (χ4v) is 2.23. The van der Waals surface area contributed by atoms with Crippen LogP contribution in [-0.4, -0.2) is 16.1 Å². The van der Waals surface area contributed by atoms with E-state index in [0.29, 0.717) is 11.4 Å². The summed E-state index contributed by atoms with van der Waals surface area (Å²) in [7, 11) is 0. The van der Waals surface area contributed by atoms with Gasteiger partial charge in [0.1, 0.15) is 5.82 Å². The number of carbonyl (C=O) groups excluding carboxylic acids is 1. The molecule has 0 radical (unpaired) electrons. The van der Waals surface area contributed by atoms with Crippen molar-refractivity contribution in [2.75, 3.05) is 5.32 Å². The van der Waals surface area contributed by atoms with Gasteiger partial charge in [0.15, 0.2) is 5.82 Å². The number of hydrogen-bond acceptors (Lipinski definition) is 2. The molecule has 92 valence electrons. The molecule has 18 heavy (non-hydrogen) atoms. The van der Waals surface area contributed by atoms with Gasteiger partial charge in [-0.25, -0.2) is 4.39 Å². The largest absolute Gasteiger partial charge is 0.305 e. The van der Waals surface area contributed by atoms with Gasteiger partial charge in [-0.3, -0.25) is 9.89 Å². The van der Waals surface area contributed by atoms with Crippen molar-refractivity contribution in [1.29, 1.82) is 0 Å². The summed E-state index contributed by atoms with van der Waals surface area (Å²) in [5, 5.41) is 9.71. The summed E-state index contributed by atoms with van der Waals surface area (Å²) < 4.78 is 13.0. The highest BCUT2D eigenvalue weighted by molar-refractivity contribution is 6.04. The first-order valence-electron chi connectivity index (χ1n) is 5.87. The van der Waals surface area contributed by atoms with Gasteiger partial charge in [-0.15, -0.1) is 0 Å². The SMILES string of the molecule is O=C(Nc1n[nH]c2c1CCC2)c1cccc(F)c1. The van der Waals surface area contributed by atoms with Gasteiger partial charge in [-0.1, -0.05) is 6.07 Å². The van der Waals surface area contributed by atoms with Crippen molar-refractivity contribution in [2.45, 2.75) is 19.3 Å². The monoisotopic (exact) mass is 245 g/mol. The summed E-state index contributed by atoms with van der Waals surface area (Å²) >= 11 is 0. The number of benzene rings is 1.